The van der Waals surface area contributed by atoms with E-state index in [0.29, 0.717) is 0 Å². The first-order valence-corrected chi connectivity index (χ1v) is 5.78. The Labute approximate surface area is 98.1 Å². The fourth-order valence-electron chi connectivity index (χ4n) is 1.80. The van der Waals surface area contributed by atoms with Gasteiger partial charge in [0.1, 0.15) is 0 Å². The van der Waals surface area contributed by atoms with Crippen LogP contribution >= 0.6 is 0 Å². The molecule has 0 atom stereocenters. The lowest BCUT2D eigenvalue weighted by Gasteiger charge is -2.33. The van der Waals surface area contributed by atoms with Gasteiger partial charge in [-0.15, -0.1) is 0 Å². The third kappa shape index (κ3) is 2.47. The topological polar surface area (TPSA) is 18.5 Å². The minimum absolute atomic E-state index is 0.135. The molecule has 16 heavy (non-hydrogen) atoms. The summed E-state index contributed by atoms with van der Waals surface area (Å²) in [5.41, 5.74) is 3.85. The highest BCUT2D eigenvalue weighted by molar-refractivity contribution is 6.61. The van der Waals surface area contributed by atoms with Gasteiger partial charge in [0.25, 0.3) is 0 Å². The third-order valence-electron chi connectivity index (χ3n) is 3.05. The third-order valence-corrected chi connectivity index (χ3v) is 3.05. The van der Waals surface area contributed by atoms with Crippen molar-refractivity contribution in [3.63, 3.8) is 0 Å². The lowest BCUT2D eigenvalue weighted by molar-refractivity contribution is 0.0343. The molecule has 1 aliphatic heterocycles. The largest absolute Gasteiger partial charge is 0.493 e. The van der Waals surface area contributed by atoms with Crippen LogP contribution in [0.5, 0.6) is 0 Å². The molecule has 1 aromatic rings. The van der Waals surface area contributed by atoms with Gasteiger partial charge in [-0.3, -0.25) is 0 Å². The Morgan fingerprint density at radius 1 is 1.06 bits per heavy atom. The Morgan fingerprint density at radius 3 is 2.25 bits per heavy atom. The van der Waals surface area contributed by atoms with Gasteiger partial charge in [0.2, 0.25) is 0 Å². The number of hydrogen-bond acceptors (Lipinski definition) is 2. The van der Waals surface area contributed by atoms with Crippen molar-refractivity contribution in [2.45, 2.75) is 27.7 Å². The van der Waals surface area contributed by atoms with Gasteiger partial charge in [-0.25, -0.2) is 0 Å². The fourth-order valence-corrected chi connectivity index (χ4v) is 1.80. The lowest BCUT2D eigenvalue weighted by Crippen LogP contribution is -2.47. The summed E-state index contributed by atoms with van der Waals surface area (Å²) in [7, 11) is -0.188. The van der Waals surface area contributed by atoms with E-state index in [1.165, 1.54) is 11.1 Å². The minimum atomic E-state index is -0.188. The average Bonchev–Trinajstić information content (AvgIpc) is 2.22. The summed E-state index contributed by atoms with van der Waals surface area (Å²) in [6, 6.07) is 6.36. The first kappa shape index (κ1) is 11.7. The molecular formula is C13H19BO2. The van der Waals surface area contributed by atoms with Gasteiger partial charge in [0.15, 0.2) is 0 Å². The summed E-state index contributed by atoms with van der Waals surface area (Å²) in [4.78, 5) is 0. The van der Waals surface area contributed by atoms with E-state index < -0.39 is 0 Å². The summed E-state index contributed by atoms with van der Waals surface area (Å²) in [6.45, 7) is 10.1. The van der Waals surface area contributed by atoms with Crippen LogP contribution < -0.4 is 5.46 Å². The van der Waals surface area contributed by atoms with E-state index >= 15 is 0 Å². The molecule has 1 saturated heterocycles. The Balaban J connectivity index is 2.11. The van der Waals surface area contributed by atoms with Crippen LogP contribution in [0.3, 0.4) is 0 Å². The van der Waals surface area contributed by atoms with Gasteiger partial charge >= 0.3 is 7.12 Å². The Morgan fingerprint density at radius 2 is 1.69 bits per heavy atom. The smallest absolute Gasteiger partial charge is 0.407 e. The first-order valence-electron chi connectivity index (χ1n) is 5.78. The highest BCUT2D eigenvalue weighted by atomic mass is 16.6. The van der Waals surface area contributed by atoms with Crippen molar-refractivity contribution in [2.75, 3.05) is 13.2 Å². The van der Waals surface area contributed by atoms with Crippen LogP contribution in [-0.4, -0.2) is 20.3 Å². The predicted octanol–water partition coefficient (Wildman–Crippen LogP) is 2.07. The van der Waals surface area contributed by atoms with Crippen molar-refractivity contribution < 1.29 is 9.31 Å². The van der Waals surface area contributed by atoms with Crippen molar-refractivity contribution in [2.24, 2.45) is 5.41 Å². The van der Waals surface area contributed by atoms with Gasteiger partial charge in [0, 0.05) is 18.6 Å². The second kappa shape index (κ2) is 4.23. The standard InChI is InChI=1S/C13H19BO2/c1-10-5-6-12(7-11(10)2)14-15-8-13(3,4)9-16-14/h5-7H,8-9H2,1-4H3. The molecule has 0 spiro atoms. The maximum atomic E-state index is 5.75. The van der Waals surface area contributed by atoms with Crippen LogP contribution in [0.1, 0.15) is 25.0 Å². The maximum Gasteiger partial charge on any atom is 0.493 e. The summed E-state index contributed by atoms with van der Waals surface area (Å²) in [5, 5.41) is 0. The van der Waals surface area contributed by atoms with Crippen molar-refractivity contribution in [3.8, 4) is 0 Å². The molecule has 0 unspecified atom stereocenters. The van der Waals surface area contributed by atoms with Gasteiger partial charge in [-0.2, -0.15) is 0 Å². The molecule has 0 aliphatic carbocycles. The van der Waals surface area contributed by atoms with Crippen molar-refractivity contribution in [1.29, 1.82) is 0 Å². The molecule has 0 aromatic heterocycles. The molecule has 3 heteroatoms. The van der Waals surface area contributed by atoms with Crippen molar-refractivity contribution in [3.05, 3.63) is 29.3 Å². The monoisotopic (exact) mass is 218 g/mol. The summed E-state index contributed by atoms with van der Waals surface area (Å²) in [6.07, 6.45) is 0. The number of aryl methyl sites for hydroxylation is 2. The van der Waals surface area contributed by atoms with E-state index in [1.54, 1.807) is 0 Å². The number of benzene rings is 1. The van der Waals surface area contributed by atoms with Crippen LogP contribution in [0, 0.1) is 19.3 Å². The van der Waals surface area contributed by atoms with Crippen LogP contribution in [0.2, 0.25) is 0 Å². The molecule has 1 heterocycles. The normalized spacial score (nSPS) is 19.9. The zero-order valence-corrected chi connectivity index (χ0v) is 10.5. The molecule has 0 amide bonds. The SMILES string of the molecule is Cc1ccc(B2OCC(C)(C)CO2)cc1C. The first-order chi connectivity index (χ1) is 7.48. The van der Waals surface area contributed by atoms with E-state index in [0.717, 1.165) is 18.7 Å². The molecule has 1 fully saturated rings. The van der Waals surface area contributed by atoms with Gasteiger partial charge in [-0.1, -0.05) is 32.0 Å². The van der Waals surface area contributed by atoms with Crippen LogP contribution in [-0.2, 0) is 9.31 Å². The summed E-state index contributed by atoms with van der Waals surface area (Å²) >= 11 is 0. The fraction of sp³-hybridized carbons (Fsp3) is 0.538. The molecule has 0 N–H and O–H groups in total. The Hall–Kier alpha value is -0.795. The van der Waals surface area contributed by atoms with E-state index in [4.69, 9.17) is 9.31 Å². The zero-order chi connectivity index (χ0) is 11.8. The highest BCUT2D eigenvalue weighted by Crippen LogP contribution is 2.21. The van der Waals surface area contributed by atoms with E-state index in [-0.39, 0.29) is 12.5 Å². The van der Waals surface area contributed by atoms with E-state index in [9.17, 15) is 0 Å². The number of rotatable bonds is 1. The molecule has 0 saturated carbocycles. The van der Waals surface area contributed by atoms with Crippen LogP contribution in [0.4, 0.5) is 0 Å². The molecule has 0 radical (unpaired) electrons. The zero-order valence-electron chi connectivity index (χ0n) is 10.5. The Bertz CT molecular complexity index is 378. The van der Waals surface area contributed by atoms with Crippen LogP contribution in [0.15, 0.2) is 18.2 Å². The van der Waals surface area contributed by atoms with Gasteiger partial charge < -0.3 is 9.31 Å². The van der Waals surface area contributed by atoms with Crippen molar-refractivity contribution >= 4 is 12.6 Å². The van der Waals surface area contributed by atoms with Crippen LogP contribution in [0.25, 0.3) is 0 Å². The van der Waals surface area contributed by atoms with E-state index in [1.807, 2.05) is 0 Å². The quantitative estimate of drug-likeness (QED) is 0.672. The highest BCUT2D eigenvalue weighted by Gasteiger charge is 2.33. The van der Waals surface area contributed by atoms with Gasteiger partial charge in [-0.05, 0) is 30.4 Å². The number of hydrogen-bond donors (Lipinski definition) is 0. The Kier molecular flexibility index (Phi) is 3.09. The minimum Gasteiger partial charge on any atom is -0.407 e. The van der Waals surface area contributed by atoms with E-state index in [2.05, 4.69) is 45.9 Å². The molecule has 1 aromatic carbocycles. The molecule has 2 nitrogen and oxygen atoms in total. The molecule has 0 bridgehead atoms. The molecule has 86 valence electrons. The second-order valence-corrected chi connectivity index (χ2v) is 5.46. The average molecular weight is 218 g/mol. The predicted molar refractivity (Wildman–Crippen MR) is 67.0 cm³/mol. The molecular weight excluding hydrogens is 199 g/mol. The maximum absolute atomic E-state index is 5.75. The van der Waals surface area contributed by atoms with Crippen molar-refractivity contribution in [1.82, 2.24) is 0 Å². The summed E-state index contributed by atoms with van der Waals surface area (Å²) in [5.74, 6) is 0. The summed E-state index contributed by atoms with van der Waals surface area (Å²) < 4.78 is 11.5. The lowest BCUT2D eigenvalue weighted by atomic mass is 9.75. The second-order valence-electron chi connectivity index (χ2n) is 5.46. The molecule has 1 aliphatic rings. The molecule has 2 rings (SSSR count). The van der Waals surface area contributed by atoms with Gasteiger partial charge in [0.05, 0.1) is 0 Å².